The second kappa shape index (κ2) is 11.0. The molecule has 3 heterocycles. The van der Waals surface area contributed by atoms with Crippen molar-refractivity contribution in [2.24, 2.45) is 4.99 Å². The summed E-state index contributed by atoms with van der Waals surface area (Å²) in [4.78, 5) is 16.3. The van der Waals surface area contributed by atoms with Crippen molar-refractivity contribution in [1.29, 1.82) is 0 Å². The average Bonchev–Trinajstić information content (AvgIpc) is 2.95. The lowest BCUT2D eigenvalue weighted by atomic mass is 10.2. The van der Waals surface area contributed by atoms with Crippen LogP contribution in [0.15, 0.2) is 28.7 Å². The zero-order valence-corrected chi connectivity index (χ0v) is 17.9. The van der Waals surface area contributed by atoms with Gasteiger partial charge in [-0.05, 0) is 38.3 Å². The van der Waals surface area contributed by atoms with Gasteiger partial charge in [0.05, 0.1) is 17.2 Å². The highest BCUT2D eigenvalue weighted by Gasteiger charge is 2.10. The molecule has 1 saturated heterocycles. The molecule has 0 aromatic carbocycles. The molecule has 0 saturated carbocycles. The van der Waals surface area contributed by atoms with Crippen molar-refractivity contribution >= 4 is 23.1 Å². The smallest absolute Gasteiger partial charge is 0.191 e. The predicted molar refractivity (Wildman–Crippen MR) is 118 cm³/mol. The van der Waals surface area contributed by atoms with E-state index in [-0.39, 0.29) is 0 Å². The first-order valence-electron chi connectivity index (χ1n) is 10.4. The molecule has 3 rings (SSSR count). The van der Waals surface area contributed by atoms with Crippen molar-refractivity contribution in [3.05, 3.63) is 40.0 Å². The number of aromatic nitrogens is 2. The lowest BCUT2D eigenvalue weighted by Crippen LogP contribution is -2.38. The number of anilines is 1. The molecular weight excluding hydrogens is 368 g/mol. The van der Waals surface area contributed by atoms with Crippen molar-refractivity contribution in [2.45, 2.75) is 52.5 Å². The fourth-order valence-corrected chi connectivity index (χ4v) is 3.99. The fourth-order valence-electron chi connectivity index (χ4n) is 3.34. The van der Waals surface area contributed by atoms with Crippen molar-refractivity contribution in [2.75, 3.05) is 31.1 Å². The Labute approximate surface area is 172 Å². The number of aliphatic imine (C=N–C) groups is 1. The van der Waals surface area contributed by atoms with Crippen LogP contribution in [0.25, 0.3) is 0 Å². The molecule has 0 spiro atoms. The SMILES string of the molecule is CCNC(=NCc1ccc(N2CCCCCC2)nc1)NCCc1csc(C)n1. The van der Waals surface area contributed by atoms with Crippen LogP contribution < -0.4 is 15.5 Å². The predicted octanol–water partition coefficient (Wildman–Crippen LogP) is 3.52. The van der Waals surface area contributed by atoms with Gasteiger partial charge in [0.1, 0.15) is 5.82 Å². The summed E-state index contributed by atoms with van der Waals surface area (Å²) in [5, 5.41) is 9.94. The van der Waals surface area contributed by atoms with Gasteiger partial charge in [-0.1, -0.05) is 18.9 Å². The number of hydrogen-bond donors (Lipinski definition) is 2. The van der Waals surface area contributed by atoms with Crippen LogP contribution >= 0.6 is 11.3 Å². The summed E-state index contributed by atoms with van der Waals surface area (Å²) < 4.78 is 0. The molecule has 1 aliphatic rings. The van der Waals surface area contributed by atoms with Crippen LogP contribution in [-0.2, 0) is 13.0 Å². The monoisotopic (exact) mass is 400 g/mol. The van der Waals surface area contributed by atoms with E-state index in [1.54, 1.807) is 11.3 Å². The molecule has 2 aromatic heterocycles. The second-order valence-corrected chi connectivity index (χ2v) is 8.22. The number of pyridine rings is 1. The summed E-state index contributed by atoms with van der Waals surface area (Å²) in [6, 6.07) is 4.29. The van der Waals surface area contributed by atoms with E-state index in [2.05, 4.69) is 49.9 Å². The fraction of sp³-hybridized carbons (Fsp3) is 0.571. The molecule has 2 N–H and O–H groups in total. The summed E-state index contributed by atoms with van der Waals surface area (Å²) in [6.07, 6.45) is 8.08. The first kappa shape index (κ1) is 20.6. The van der Waals surface area contributed by atoms with Crippen molar-refractivity contribution in [3.8, 4) is 0 Å². The third-order valence-corrected chi connectivity index (χ3v) is 5.67. The second-order valence-electron chi connectivity index (χ2n) is 7.16. The van der Waals surface area contributed by atoms with E-state index < -0.39 is 0 Å². The summed E-state index contributed by atoms with van der Waals surface area (Å²) >= 11 is 1.70. The van der Waals surface area contributed by atoms with Crippen molar-refractivity contribution in [3.63, 3.8) is 0 Å². The minimum Gasteiger partial charge on any atom is -0.357 e. The Bertz CT molecular complexity index is 732. The van der Waals surface area contributed by atoms with E-state index >= 15 is 0 Å². The van der Waals surface area contributed by atoms with Gasteiger partial charge >= 0.3 is 0 Å². The van der Waals surface area contributed by atoms with Crippen LogP contribution in [0.5, 0.6) is 0 Å². The van der Waals surface area contributed by atoms with Gasteiger partial charge in [0.25, 0.3) is 0 Å². The summed E-state index contributed by atoms with van der Waals surface area (Å²) in [7, 11) is 0. The first-order chi connectivity index (χ1) is 13.7. The van der Waals surface area contributed by atoms with Gasteiger partial charge in [0.15, 0.2) is 5.96 Å². The van der Waals surface area contributed by atoms with Crippen LogP contribution in [-0.4, -0.2) is 42.1 Å². The van der Waals surface area contributed by atoms with Gasteiger partial charge in [0, 0.05) is 44.2 Å². The Kier molecular flexibility index (Phi) is 8.08. The molecule has 0 amide bonds. The van der Waals surface area contributed by atoms with Gasteiger partial charge in [-0.3, -0.25) is 0 Å². The molecule has 2 aromatic rings. The van der Waals surface area contributed by atoms with Crippen molar-refractivity contribution in [1.82, 2.24) is 20.6 Å². The molecule has 0 bridgehead atoms. The molecule has 152 valence electrons. The zero-order chi connectivity index (χ0) is 19.6. The van der Waals surface area contributed by atoms with Crippen LogP contribution in [0.1, 0.15) is 48.9 Å². The highest BCUT2D eigenvalue weighted by molar-refractivity contribution is 7.09. The number of aryl methyl sites for hydroxylation is 1. The Morgan fingerprint density at radius 3 is 2.64 bits per heavy atom. The largest absolute Gasteiger partial charge is 0.357 e. The number of rotatable bonds is 7. The summed E-state index contributed by atoms with van der Waals surface area (Å²) in [5.41, 5.74) is 2.27. The highest BCUT2D eigenvalue weighted by atomic mass is 32.1. The van der Waals surface area contributed by atoms with E-state index in [1.165, 1.54) is 25.7 Å². The quantitative estimate of drug-likeness (QED) is 0.550. The summed E-state index contributed by atoms with van der Waals surface area (Å²) in [5.74, 6) is 1.93. The van der Waals surface area contributed by atoms with E-state index in [1.807, 2.05) is 13.1 Å². The van der Waals surface area contributed by atoms with Crippen LogP contribution in [0.4, 0.5) is 5.82 Å². The third-order valence-electron chi connectivity index (χ3n) is 4.84. The van der Waals surface area contributed by atoms with E-state index in [0.717, 1.165) is 60.6 Å². The van der Waals surface area contributed by atoms with Gasteiger partial charge in [0.2, 0.25) is 0 Å². The molecule has 0 unspecified atom stereocenters. The molecule has 0 aliphatic carbocycles. The Hall–Kier alpha value is -2.15. The average molecular weight is 401 g/mol. The molecule has 28 heavy (non-hydrogen) atoms. The lowest BCUT2D eigenvalue weighted by Gasteiger charge is -2.21. The van der Waals surface area contributed by atoms with Gasteiger partial charge < -0.3 is 15.5 Å². The summed E-state index contributed by atoms with van der Waals surface area (Å²) in [6.45, 7) is 8.65. The molecule has 1 fully saturated rings. The zero-order valence-electron chi connectivity index (χ0n) is 17.1. The first-order valence-corrected chi connectivity index (χ1v) is 11.3. The number of nitrogens with one attached hydrogen (secondary N) is 2. The lowest BCUT2D eigenvalue weighted by molar-refractivity contribution is 0.726. The number of guanidine groups is 1. The number of nitrogens with zero attached hydrogens (tertiary/aromatic N) is 4. The minimum absolute atomic E-state index is 0.623. The number of thiazole rings is 1. The van der Waals surface area contributed by atoms with Gasteiger partial charge in [-0.2, -0.15) is 0 Å². The number of hydrogen-bond acceptors (Lipinski definition) is 5. The van der Waals surface area contributed by atoms with Gasteiger partial charge in [-0.15, -0.1) is 11.3 Å². The third kappa shape index (κ3) is 6.48. The standard InChI is InChI=1S/C21H32N6S/c1-3-22-21(23-11-10-19-16-28-17(2)26-19)25-15-18-8-9-20(24-14-18)27-12-6-4-5-7-13-27/h8-9,14,16H,3-7,10-13,15H2,1-2H3,(H2,22,23,25). The molecular formula is C21H32N6S. The maximum Gasteiger partial charge on any atom is 0.191 e. The normalized spacial score (nSPS) is 15.4. The Balaban J connectivity index is 1.51. The minimum atomic E-state index is 0.623. The molecule has 0 radical (unpaired) electrons. The Morgan fingerprint density at radius 1 is 1.18 bits per heavy atom. The van der Waals surface area contributed by atoms with Gasteiger partial charge in [-0.25, -0.2) is 15.0 Å². The molecule has 0 atom stereocenters. The van der Waals surface area contributed by atoms with Crippen molar-refractivity contribution < 1.29 is 0 Å². The van der Waals surface area contributed by atoms with Crippen LogP contribution in [0.2, 0.25) is 0 Å². The van der Waals surface area contributed by atoms with E-state index in [9.17, 15) is 0 Å². The highest BCUT2D eigenvalue weighted by Crippen LogP contribution is 2.17. The van der Waals surface area contributed by atoms with E-state index in [0.29, 0.717) is 6.54 Å². The Morgan fingerprint density at radius 2 is 2.00 bits per heavy atom. The maximum atomic E-state index is 4.70. The molecule has 7 heteroatoms. The molecule has 1 aliphatic heterocycles. The van der Waals surface area contributed by atoms with Crippen LogP contribution in [0.3, 0.4) is 0 Å². The van der Waals surface area contributed by atoms with E-state index in [4.69, 9.17) is 4.99 Å². The molecule has 6 nitrogen and oxygen atoms in total. The van der Waals surface area contributed by atoms with Crippen LogP contribution in [0, 0.1) is 6.92 Å². The maximum absolute atomic E-state index is 4.70. The topological polar surface area (TPSA) is 65.4 Å².